The third-order valence-electron chi connectivity index (χ3n) is 3.46. The normalized spacial score (nSPS) is 16.3. The first-order chi connectivity index (χ1) is 11.1. The highest BCUT2D eigenvalue weighted by molar-refractivity contribution is 8.00. The van der Waals surface area contributed by atoms with Gasteiger partial charge in [-0.1, -0.05) is 23.9 Å². The Morgan fingerprint density at radius 3 is 2.78 bits per heavy atom. The SMILES string of the molecule is C[C@@H](Sc1nnc(-c2ccccc2F)o1)C(=O)N1CCOCC1. The van der Waals surface area contributed by atoms with Gasteiger partial charge in [0.05, 0.1) is 24.0 Å². The summed E-state index contributed by atoms with van der Waals surface area (Å²) in [7, 11) is 0. The second-order valence-corrected chi connectivity index (χ2v) is 6.34. The third-order valence-corrected chi connectivity index (χ3v) is 4.38. The summed E-state index contributed by atoms with van der Waals surface area (Å²) >= 11 is 1.17. The number of amides is 1. The molecule has 1 saturated heterocycles. The minimum atomic E-state index is -0.426. The Morgan fingerprint density at radius 2 is 2.04 bits per heavy atom. The predicted molar refractivity (Wildman–Crippen MR) is 82.4 cm³/mol. The van der Waals surface area contributed by atoms with Crippen molar-refractivity contribution >= 4 is 17.7 Å². The van der Waals surface area contributed by atoms with Crippen LogP contribution >= 0.6 is 11.8 Å². The zero-order chi connectivity index (χ0) is 16.2. The minimum absolute atomic E-state index is 0.00365. The number of aromatic nitrogens is 2. The summed E-state index contributed by atoms with van der Waals surface area (Å²) in [4.78, 5) is 14.1. The van der Waals surface area contributed by atoms with Crippen molar-refractivity contribution in [3.8, 4) is 11.5 Å². The maximum atomic E-state index is 13.7. The van der Waals surface area contributed by atoms with Crippen LogP contribution in [0.25, 0.3) is 11.5 Å². The molecule has 1 aliphatic heterocycles. The molecule has 2 heterocycles. The first-order valence-corrected chi connectivity index (χ1v) is 8.14. The van der Waals surface area contributed by atoms with Gasteiger partial charge in [0.15, 0.2) is 0 Å². The van der Waals surface area contributed by atoms with Crippen LogP contribution in [-0.2, 0) is 9.53 Å². The molecule has 8 heteroatoms. The van der Waals surface area contributed by atoms with Crippen LogP contribution in [0.5, 0.6) is 0 Å². The van der Waals surface area contributed by atoms with Crippen LogP contribution in [0.3, 0.4) is 0 Å². The number of nitrogens with zero attached hydrogens (tertiary/aromatic N) is 3. The topological polar surface area (TPSA) is 68.5 Å². The first kappa shape index (κ1) is 15.9. The summed E-state index contributed by atoms with van der Waals surface area (Å²) in [6, 6.07) is 6.18. The average molecular weight is 337 g/mol. The monoisotopic (exact) mass is 337 g/mol. The van der Waals surface area contributed by atoms with E-state index in [4.69, 9.17) is 9.15 Å². The van der Waals surface area contributed by atoms with Crippen LogP contribution in [0, 0.1) is 5.82 Å². The van der Waals surface area contributed by atoms with Gasteiger partial charge in [-0.15, -0.1) is 10.2 Å². The molecule has 1 aromatic heterocycles. The molecule has 1 atom stereocenters. The predicted octanol–water partition coefficient (Wildman–Crippen LogP) is 2.22. The molecule has 0 N–H and O–H groups in total. The zero-order valence-electron chi connectivity index (χ0n) is 12.6. The highest BCUT2D eigenvalue weighted by atomic mass is 32.2. The van der Waals surface area contributed by atoms with Crippen LogP contribution in [0.15, 0.2) is 33.9 Å². The van der Waals surface area contributed by atoms with Gasteiger partial charge >= 0.3 is 0 Å². The van der Waals surface area contributed by atoms with E-state index in [1.807, 2.05) is 0 Å². The molecule has 6 nitrogen and oxygen atoms in total. The molecule has 2 aromatic rings. The fraction of sp³-hybridized carbons (Fsp3) is 0.400. The number of thioether (sulfide) groups is 1. The Balaban J connectivity index is 1.66. The smallest absolute Gasteiger partial charge is 0.277 e. The molecule has 122 valence electrons. The molecule has 3 rings (SSSR count). The van der Waals surface area contributed by atoms with Crippen molar-refractivity contribution in [1.29, 1.82) is 0 Å². The van der Waals surface area contributed by atoms with Gasteiger partial charge in [-0.3, -0.25) is 4.79 Å². The Kier molecular flexibility index (Phi) is 4.92. The van der Waals surface area contributed by atoms with Crippen LogP contribution < -0.4 is 0 Å². The number of rotatable bonds is 4. The number of carbonyl (C=O) groups is 1. The van der Waals surface area contributed by atoms with Crippen LogP contribution in [0.2, 0.25) is 0 Å². The van der Waals surface area contributed by atoms with Gasteiger partial charge in [0.25, 0.3) is 11.1 Å². The average Bonchev–Trinajstić information content (AvgIpc) is 3.03. The van der Waals surface area contributed by atoms with Crippen molar-refractivity contribution in [1.82, 2.24) is 15.1 Å². The molecule has 0 spiro atoms. The lowest BCUT2D eigenvalue weighted by Crippen LogP contribution is -2.44. The maximum absolute atomic E-state index is 13.7. The Bertz CT molecular complexity index is 688. The lowest BCUT2D eigenvalue weighted by atomic mass is 10.2. The second kappa shape index (κ2) is 7.10. The molecule has 0 bridgehead atoms. The fourth-order valence-electron chi connectivity index (χ4n) is 2.24. The van der Waals surface area contributed by atoms with Gasteiger partial charge in [0, 0.05) is 13.1 Å². The van der Waals surface area contributed by atoms with Crippen molar-refractivity contribution in [2.75, 3.05) is 26.3 Å². The summed E-state index contributed by atoms with van der Waals surface area (Å²) in [6.07, 6.45) is 0. The standard InChI is InChI=1S/C15H16FN3O3S/c1-10(14(20)19-6-8-21-9-7-19)23-15-18-17-13(22-15)11-4-2-3-5-12(11)16/h2-5,10H,6-9H2,1H3/t10-/m1/s1. The van der Waals surface area contributed by atoms with Gasteiger partial charge in [-0.25, -0.2) is 4.39 Å². The third kappa shape index (κ3) is 3.70. The number of ether oxygens (including phenoxy) is 1. The van der Waals surface area contributed by atoms with Crippen LogP contribution in [0.1, 0.15) is 6.92 Å². The number of benzene rings is 1. The molecule has 0 unspecified atom stereocenters. The quantitative estimate of drug-likeness (QED) is 0.797. The summed E-state index contributed by atoms with van der Waals surface area (Å²) in [5, 5.41) is 7.62. The fourth-order valence-corrected chi connectivity index (χ4v) is 3.01. The van der Waals surface area contributed by atoms with E-state index in [2.05, 4.69) is 10.2 Å². The molecule has 0 aliphatic carbocycles. The highest BCUT2D eigenvalue weighted by Crippen LogP contribution is 2.28. The Hall–Kier alpha value is -1.93. The van der Waals surface area contributed by atoms with Gasteiger partial charge in [0.1, 0.15) is 5.82 Å². The van der Waals surface area contributed by atoms with E-state index < -0.39 is 5.82 Å². The van der Waals surface area contributed by atoms with Crippen LogP contribution in [0.4, 0.5) is 4.39 Å². The van der Waals surface area contributed by atoms with E-state index >= 15 is 0 Å². The molecule has 1 aliphatic rings. The minimum Gasteiger partial charge on any atom is -0.411 e. The molecule has 0 radical (unpaired) electrons. The lowest BCUT2D eigenvalue weighted by Gasteiger charge is -2.28. The molecule has 1 aromatic carbocycles. The van der Waals surface area contributed by atoms with Crippen molar-refractivity contribution in [2.24, 2.45) is 0 Å². The molecule has 23 heavy (non-hydrogen) atoms. The highest BCUT2D eigenvalue weighted by Gasteiger charge is 2.25. The van der Waals surface area contributed by atoms with Crippen molar-refractivity contribution in [3.05, 3.63) is 30.1 Å². The molecular weight excluding hydrogens is 321 g/mol. The number of hydrogen-bond acceptors (Lipinski definition) is 6. The maximum Gasteiger partial charge on any atom is 0.277 e. The number of morpholine rings is 1. The Morgan fingerprint density at radius 1 is 1.30 bits per heavy atom. The van der Waals surface area contributed by atoms with Crippen molar-refractivity contribution < 1.29 is 18.3 Å². The van der Waals surface area contributed by atoms with Crippen molar-refractivity contribution in [3.63, 3.8) is 0 Å². The molecule has 0 saturated carbocycles. The Labute approximate surface area is 137 Å². The summed E-state index contributed by atoms with van der Waals surface area (Å²) in [6.45, 7) is 4.08. The number of hydrogen-bond donors (Lipinski definition) is 0. The van der Waals surface area contributed by atoms with Gasteiger partial charge in [-0.05, 0) is 19.1 Å². The molecule has 1 amide bonds. The summed E-state index contributed by atoms with van der Waals surface area (Å²) in [5.41, 5.74) is 0.249. The van der Waals surface area contributed by atoms with E-state index in [1.165, 1.54) is 17.8 Å². The van der Waals surface area contributed by atoms with E-state index in [0.717, 1.165) is 0 Å². The van der Waals surface area contributed by atoms with Gasteiger partial charge < -0.3 is 14.1 Å². The number of halogens is 1. The van der Waals surface area contributed by atoms with E-state index in [1.54, 1.807) is 30.0 Å². The molecule has 1 fully saturated rings. The largest absolute Gasteiger partial charge is 0.411 e. The van der Waals surface area contributed by atoms with E-state index in [-0.39, 0.29) is 27.8 Å². The zero-order valence-corrected chi connectivity index (χ0v) is 13.4. The first-order valence-electron chi connectivity index (χ1n) is 7.27. The number of carbonyl (C=O) groups excluding carboxylic acids is 1. The van der Waals surface area contributed by atoms with Gasteiger partial charge in [0.2, 0.25) is 5.91 Å². The lowest BCUT2D eigenvalue weighted by molar-refractivity contribution is -0.134. The summed E-state index contributed by atoms with van der Waals surface area (Å²) < 4.78 is 24.4. The second-order valence-electron chi connectivity index (χ2n) is 5.05. The van der Waals surface area contributed by atoms with E-state index in [0.29, 0.717) is 26.3 Å². The van der Waals surface area contributed by atoms with Gasteiger partial charge in [-0.2, -0.15) is 0 Å². The van der Waals surface area contributed by atoms with Crippen LogP contribution in [-0.4, -0.2) is 52.6 Å². The molecular formula is C15H16FN3O3S. The summed E-state index contributed by atoms with van der Waals surface area (Å²) in [5.74, 6) is -0.314. The van der Waals surface area contributed by atoms with Crippen molar-refractivity contribution in [2.45, 2.75) is 17.4 Å². The van der Waals surface area contributed by atoms with E-state index in [9.17, 15) is 9.18 Å².